The molecule has 0 saturated heterocycles. The molecule has 0 spiro atoms. The van der Waals surface area contributed by atoms with Crippen LogP contribution in [0.3, 0.4) is 0 Å². The number of nitrogens with zero attached hydrogens (tertiary/aromatic N) is 2. The van der Waals surface area contributed by atoms with Crippen molar-refractivity contribution in [1.82, 2.24) is 25.5 Å². The maximum atomic E-state index is 13.7. The number of rotatable bonds is 6. The van der Waals surface area contributed by atoms with E-state index in [1.165, 1.54) is 18.3 Å². The topological polar surface area (TPSA) is 112 Å². The lowest BCUT2D eigenvalue weighted by atomic mass is 10.2. The maximum absolute atomic E-state index is 13.7. The molecule has 1 aliphatic heterocycles. The van der Waals surface area contributed by atoms with E-state index in [2.05, 4.69) is 20.9 Å². The summed E-state index contributed by atoms with van der Waals surface area (Å²) in [6.45, 7) is 2.46. The van der Waals surface area contributed by atoms with Crippen LogP contribution in [0.5, 0.6) is 0 Å². The summed E-state index contributed by atoms with van der Waals surface area (Å²) in [4.78, 5) is 29.2. The van der Waals surface area contributed by atoms with E-state index in [-0.39, 0.29) is 35.4 Å². The minimum atomic E-state index is -0.692. The average molecular weight is 438 g/mol. The van der Waals surface area contributed by atoms with Gasteiger partial charge in [0.15, 0.2) is 0 Å². The van der Waals surface area contributed by atoms with Crippen LogP contribution in [0.25, 0.3) is 11.0 Å². The van der Waals surface area contributed by atoms with Gasteiger partial charge in [-0.2, -0.15) is 0 Å². The van der Waals surface area contributed by atoms with Gasteiger partial charge in [-0.05, 0) is 31.2 Å². The molecule has 0 fully saturated rings. The Morgan fingerprint density at radius 1 is 1.31 bits per heavy atom. The average Bonchev–Trinajstić information content (AvgIpc) is 3.17. The smallest absolute Gasteiger partial charge is 0.274 e. The third-order valence-corrected chi connectivity index (χ3v) is 5.13. The number of benzene rings is 1. The van der Waals surface area contributed by atoms with E-state index < -0.39 is 17.5 Å². The standard InChI is InChI=1S/C22H20F2N6O2/c1-12-9-27-22(32)19-6-13-3-5-18(29-20(13)30(12)19)21(31)28-16(8-25)11-26-10-14-2-4-15(23)7-17(14)24/h2-8,11-12,25-26H,9-10H2,1H3,(H,27,32)(H,28,31)/b16-11+,25-8?/t12-/m1/s1. The molecule has 1 atom stereocenters. The highest BCUT2D eigenvalue weighted by Gasteiger charge is 2.25. The molecule has 1 aromatic carbocycles. The molecular formula is C22H20F2N6O2. The van der Waals surface area contributed by atoms with Gasteiger partial charge in [0.1, 0.15) is 28.7 Å². The van der Waals surface area contributed by atoms with E-state index in [9.17, 15) is 18.4 Å². The summed E-state index contributed by atoms with van der Waals surface area (Å²) >= 11 is 0. The van der Waals surface area contributed by atoms with Crippen LogP contribution >= 0.6 is 0 Å². The largest absolute Gasteiger partial charge is 0.385 e. The molecule has 0 unspecified atom stereocenters. The summed E-state index contributed by atoms with van der Waals surface area (Å²) < 4.78 is 28.5. The first-order valence-electron chi connectivity index (χ1n) is 9.87. The van der Waals surface area contributed by atoms with E-state index >= 15 is 0 Å². The van der Waals surface area contributed by atoms with Crippen molar-refractivity contribution in [2.45, 2.75) is 19.5 Å². The number of hydrogen-bond donors (Lipinski definition) is 4. The molecule has 0 aliphatic carbocycles. The Morgan fingerprint density at radius 3 is 2.88 bits per heavy atom. The quantitative estimate of drug-likeness (QED) is 0.443. The molecule has 3 heterocycles. The Balaban J connectivity index is 1.50. The van der Waals surface area contributed by atoms with E-state index in [0.29, 0.717) is 17.9 Å². The van der Waals surface area contributed by atoms with Crippen LogP contribution in [0.1, 0.15) is 39.5 Å². The molecule has 10 heteroatoms. The minimum absolute atomic E-state index is 0.0147. The van der Waals surface area contributed by atoms with E-state index in [4.69, 9.17) is 5.41 Å². The molecule has 3 aromatic rings. The van der Waals surface area contributed by atoms with Crippen LogP contribution < -0.4 is 16.0 Å². The minimum Gasteiger partial charge on any atom is -0.385 e. The maximum Gasteiger partial charge on any atom is 0.274 e. The monoisotopic (exact) mass is 438 g/mol. The molecule has 0 bridgehead atoms. The van der Waals surface area contributed by atoms with Gasteiger partial charge < -0.3 is 25.9 Å². The van der Waals surface area contributed by atoms with Crippen molar-refractivity contribution < 1.29 is 18.4 Å². The third-order valence-electron chi connectivity index (χ3n) is 5.13. The first-order valence-corrected chi connectivity index (χ1v) is 9.87. The van der Waals surface area contributed by atoms with Crippen LogP contribution in [-0.2, 0) is 6.54 Å². The molecule has 2 amide bonds. The van der Waals surface area contributed by atoms with Gasteiger partial charge in [0.25, 0.3) is 11.8 Å². The summed E-state index contributed by atoms with van der Waals surface area (Å²) in [5.41, 5.74) is 1.50. The van der Waals surface area contributed by atoms with E-state index in [1.54, 1.807) is 16.7 Å². The molecule has 2 aromatic heterocycles. The van der Waals surface area contributed by atoms with Gasteiger partial charge in [-0.3, -0.25) is 9.59 Å². The summed E-state index contributed by atoms with van der Waals surface area (Å²) in [7, 11) is 0. The van der Waals surface area contributed by atoms with Gasteiger partial charge in [-0.25, -0.2) is 13.8 Å². The zero-order chi connectivity index (χ0) is 22.8. The molecule has 4 N–H and O–H groups in total. The lowest BCUT2D eigenvalue weighted by Crippen LogP contribution is -2.37. The van der Waals surface area contributed by atoms with Gasteiger partial charge in [0.2, 0.25) is 0 Å². The van der Waals surface area contributed by atoms with Crippen LogP contribution in [0, 0.1) is 17.0 Å². The summed E-state index contributed by atoms with van der Waals surface area (Å²) in [6, 6.07) is 8.21. The number of nitrogens with one attached hydrogen (secondary N) is 4. The number of pyridine rings is 1. The number of aromatic nitrogens is 2. The highest BCUT2D eigenvalue weighted by Crippen LogP contribution is 2.25. The number of allylic oxidation sites excluding steroid dienone is 1. The van der Waals surface area contributed by atoms with Crippen molar-refractivity contribution >= 4 is 29.1 Å². The molecule has 1 aliphatic rings. The summed E-state index contributed by atoms with van der Waals surface area (Å²) in [5, 5.41) is 16.4. The number of fused-ring (bicyclic) bond motifs is 3. The first-order chi connectivity index (χ1) is 15.4. The molecule has 164 valence electrons. The summed E-state index contributed by atoms with van der Waals surface area (Å²) in [5.74, 6) is -2.09. The second-order valence-electron chi connectivity index (χ2n) is 7.38. The Hall–Kier alpha value is -4.08. The molecule has 0 saturated carbocycles. The third kappa shape index (κ3) is 4.07. The Kier molecular flexibility index (Phi) is 5.67. The second-order valence-corrected chi connectivity index (χ2v) is 7.38. The van der Waals surface area contributed by atoms with Crippen molar-refractivity contribution in [2.75, 3.05) is 6.54 Å². The number of halogens is 2. The number of hydrogen-bond acceptors (Lipinski definition) is 5. The predicted molar refractivity (Wildman–Crippen MR) is 114 cm³/mol. The molecule has 0 radical (unpaired) electrons. The van der Waals surface area contributed by atoms with Gasteiger partial charge >= 0.3 is 0 Å². The fraction of sp³-hybridized carbons (Fsp3) is 0.182. The second kappa shape index (κ2) is 8.58. The Bertz CT molecular complexity index is 1270. The van der Waals surface area contributed by atoms with Crippen molar-refractivity contribution in [1.29, 1.82) is 5.41 Å². The number of carbonyl (C=O) groups is 2. The zero-order valence-corrected chi connectivity index (χ0v) is 17.1. The van der Waals surface area contributed by atoms with Crippen LogP contribution in [0.4, 0.5) is 8.78 Å². The van der Waals surface area contributed by atoms with Crippen molar-refractivity contribution in [3.63, 3.8) is 0 Å². The fourth-order valence-electron chi connectivity index (χ4n) is 3.51. The number of amides is 2. The molecule has 4 rings (SSSR count). The van der Waals surface area contributed by atoms with E-state index in [1.807, 2.05) is 6.92 Å². The molecular weight excluding hydrogens is 418 g/mol. The van der Waals surface area contributed by atoms with Crippen LogP contribution in [0.15, 0.2) is 48.3 Å². The fourth-order valence-corrected chi connectivity index (χ4v) is 3.51. The van der Waals surface area contributed by atoms with Gasteiger partial charge in [-0.1, -0.05) is 6.07 Å². The molecule has 32 heavy (non-hydrogen) atoms. The summed E-state index contributed by atoms with van der Waals surface area (Å²) in [6.07, 6.45) is 2.27. The normalized spacial score (nSPS) is 15.8. The lowest BCUT2D eigenvalue weighted by molar-refractivity contribution is 0.0918. The SMILES string of the molecule is C[C@@H]1CNC(=O)c2cc3ccc(C(=O)N/C(C=N)=C/NCc4ccc(F)cc4F)nc3n21. The van der Waals surface area contributed by atoms with Gasteiger partial charge in [0.05, 0.1) is 11.7 Å². The van der Waals surface area contributed by atoms with Crippen molar-refractivity contribution in [3.05, 3.63) is 76.9 Å². The van der Waals surface area contributed by atoms with E-state index in [0.717, 1.165) is 23.7 Å². The Labute approximate surface area is 181 Å². The lowest BCUT2D eigenvalue weighted by Gasteiger charge is -2.23. The molecule has 8 nitrogen and oxygen atoms in total. The number of carbonyl (C=O) groups excluding carboxylic acids is 2. The van der Waals surface area contributed by atoms with Crippen molar-refractivity contribution in [2.24, 2.45) is 0 Å². The first kappa shape index (κ1) is 21.2. The zero-order valence-electron chi connectivity index (χ0n) is 17.1. The van der Waals surface area contributed by atoms with Crippen LogP contribution in [0.2, 0.25) is 0 Å². The predicted octanol–water partition coefficient (Wildman–Crippen LogP) is 2.63. The Morgan fingerprint density at radius 2 is 2.12 bits per heavy atom. The van der Waals surface area contributed by atoms with Crippen LogP contribution in [-0.4, -0.2) is 34.1 Å². The highest BCUT2D eigenvalue weighted by atomic mass is 19.1. The van der Waals surface area contributed by atoms with Crippen molar-refractivity contribution in [3.8, 4) is 0 Å². The van der Waals surface area contributed by atoms with Gasteiger partial charge in [0, 0.05) is 42.5 Å². The highest BCUT2D eigenvalue weighted by molar-refractivity contribution is 6.01. The van der Waals surface area contributed by atoms with Gasteiger partial charge in [-0.15, -0.1) is 0 Å².